The van der Waals surface area contributed by atoms with Crippen LogP contribution in [-0.4, -0.2) is 25.5 Å². The zero-order valence-corrected chi connectivity index (χ0v) is 12.9. The average molecular weight is 333 g/mol. The highest BCUT2D eigenvalue weighted by atomic mass is 19.2. The van der Waals surface area contributed by atoms with E-state index in [4.69, 9.17) is 0 Å². The Bertz CT molecular complexity index is 754. The fraction of sp³-hybridized carbons (Fsp3) is 0.294. The summed E-state index contributed by atoms with van der Waals surface area (Å²) in [6.07, 6.45) is 2.10. The first kappa shape index (κ1) is 16.2. The smallest absolute Gasteiger partial charge is 0.317 e. The van der Waals surface area contributed by atoms with Crippen molar-refractivity contribution in [3.8, 4) is 0 Å². The van der Waals surface area contributed by atoms with E-state index in [1.54, 1.807) is 18.2 Å². The standard InChI is InChI=1S/C17H17F2N3O2/c18-14-5-4-13(9-15(14)19)21-8-6-12(11-21)10-20-17(23)16-3-1-2-7-22(16)24/h1-5,7,9,12H,6,8,10-11H2,(H,20,23)/t12-/m0/s1. The summed E-state index contributed by atoms with van der Waals surface area (Å²) in [5.41, 5.74) is 0.677. The van der Waals surface area contributed by atoms with Gasteiger partial charge in [-0.05, 0) is 30.5 Å². The van der Waals surface area contributed by atoms with Crippen LogP contribution in [0.2, 0.25) is 0 Å². The van der Waals surface area contributed by atoms with Gasteiger partial charge in [0, 0.05) is 43.5 Å². The number of pyridine rings is 1. The third-order valence-electron chi connectivity index (χ3n) is 4.16. The molecule has 1 N–H and O–H groups in total. The molecule has 1 amide bonds. The van der Waals surface area contributed by atoms with Crippen LogP contribution in [0.1, 0.15) is 16.9 Å². The SMILES string of the molecule is O=C(NC[C@@H]1CCN(c2ccc(F)c(F)c2)C1)c1cccc[n+]1[O-]. The Morgan fingerprint density at radius 2 is 2.12 bits per heavy atom. The Hall–Kier alpha value is -2.70. The highest BCUT2D eigenvalue weighted by molar-refractivity contribution is 5.90. The molecule has 0 radical (unpaired) electrons. The second-order valence-corrected chi connectivity index (χ2v) is 5.82. The largest absolute Gasteiger partial charge is 0.618 e. The number of amides is 1. The highest BCUT2D eigenvalue weighted by Gasteiger charge is 2.25. The van der Waals surface area contributed by atoms with E-state index in [9.17, 15) is 18.8 Å². The van der Waals surface area contributed by atoms with Gasteiger partial charge in [0.05, 0.1) is 0 Å². The zero-order valence-electron chi connectivity index (χ0n) is 12.9. The molecule has 0 spiro atoms. The lowest BCUT2D eigenvalue weighted by atomic mass is 10.1. The minimum Gasteiger partial charge on any atom is -0.618 e. The lowest BCUT2D eigenvalue weighted by Gasteiger charge is -2.19. The molecule has 1 fully saturated rings. The number of nitrogens with one attached hydrogen (secondary N) is 1. The van der Waals surface area contributed by atoms with Crippen LogP contribution < -0.4 is 14.9 Å². The Morgan fingerprint density at radius 1 is 1.29 bits per heavy atom. The molecule has 2 heterocycles. The summed E-state index contributed by atoms with van der Waals surface area (Å²) >= 11 is 0. The summed E-state index contributed by atoms with van der Waals surface area (Å²) in [7, 11) is 0. The van der Waals surface area contributed by atoms with Crippen LogP contribution in [0.4, 0.5) is 14.5 Å². The number of benzene rings is 1. The molecule has 3 rings (SSSR count). The normalized spacial score (nSPS) is 17.1. The van der Waals surface area contributed by atoms with Crippen molar-refractivity contribution in [3.63, 3.8) is 0 Å². The maximum atomic E-state index is 13.3. The highest BCUT2D eigenvalue weighted by Crippen LogP contribution is 2.25. The van der Waals surface area contributed by atoms with Crippen molar-refractivity contribution < 1.29 is 18.3 Å². The summed E-state index contributed by atoms with van der Waals surface area (Å²) in [6, 6.07) is 8.49. The number of anilines is 1. The van der Waals surface area contributed by atoms with Gasteiger partial charge in [-0.25, -0.2) is 8.78 Å². The van der Waals surface area contributed by atoms with Crippen LogP contribution in [0, 0.1) is 22.8 Å². The van der Waals surface area contributed by atoms with Crippen molar-refractivity contribution in [1.82, 2.24) is 5.32 Å². The summed E-state index contributed by atoms with van der Waals surface area (Å²) < 4.78 is 26.8. The number of hydrogen-bond donors (Lipinski definition) is 1. The molecule has 0 bridgehead atoms. The van der Waals surface area contributed by atoms with Gasteiger partial charge in [-0.2, -0.15) is 4.73 Å². The lowest BCUT2D eigenvalue weighted by molar-refractivity contribution is -0.607. The van der Waals surface area contributed by atoms with E-state index >= 15 is 0 Å². The minimum absolute atomic E-state index is 0.0490. The molecule has 2 aromatic rings. The first-order valence-corrected chi connectivity index (χ1v) is 7.71. The van der Waals surface area contributed by atoms with Crippen molar-refractivity contribution in [2.45, 2.75) is 6.42 Å². The van der Waals surface area contributed by atoms with Gasteiger partial charge in [0.15, 0.2) is 17.8 Å². The molecular weight excluding hydrogens is 316 g/mol. The van der Waals surface area contributed by atoms with Crippen molar-refractivity contribution in [3.05, 3.63) is 65.1 Å². The molecule has 24 heavy (non-hydrogen) atoms. The van der Waals surface area contributed by atoms with Crippen LogP contribution in [0.15, 0.2) is 42.6 Å². The molecule has 0 unspecified atom stereocenters. The second-order valence-electron chi connectivity index (χ2n) is 5.82. The molecule has 1 aromatic heterocycles. The van der Waals surface area contributed by atoms with Gasteiger partial charge in [-0.3, -0.25) is 4.79 Å². The number of carbonyl (C=O) groups excluding carboxylic acids is 1. The number of nitrogens with zero attached hydrogens (tertiary/aromatic N) is 2. The van der Waals surface area contributed by atoms with E-state index in [0.717, 1.165) is 12.5 Å². The van der Waals surface area contributed by atoms with E-state index in [-0.39, 0.29) is 11.6 Å². The van der Waals surface area contributed by atoms with E-state index < -0.39 is 17.5 Å². The van der Waals surface area contributed by atoms with Crippen LogP contribution in [0.5, 0.6) is 0 Å². The van der Waals surface area contributed by atoms with Crippen LogP contribution in [0.25, 0.3) is 0 Å². The molecule has 7 heteroatoms. The van der Waals surface area contributed by atoms with Crippen LogP contribution in [-0.2, 0) is 0 Å². The number of rotatable bonds is 4. The molecule has 1 atom stereocenters. The minimum atomic E-state index is -0.867. The summed E-state index contributed by atoms with van der Waals surface area (Å²) in [5, 5.41) is 14.3. The Morgan fingerprint density at radius 3 is 2.88 bits per heavy atom. The monoisotopic (exact) mass is 333 g/mol. The van der Waals surface area contributed by atoms with Crippen molar-refractivity contribution in [2.75, 3.05) is 24.5 Å². The maximum Gasteiger partial charge on any atom is 0.317 e. The van der Waals surface area contributed by atoms with Gasteiger partial charge in [0.25, 0.3) is 5.69 Å². The Kier molecular flexibility index (Phi) is 4.59. The van der Waals surface area contributed by atoms with E-state index in [2.05, 4.69) is 5.32 Å². The molecule has 0 saturated carbocycles. The fourth-order valence-corrected chi connectivity index (χ4v) is 2.85. The molecule has 126 valence electrons. The van der Waals surface area contributed by atoms with Gasteiger partial charge in [-0.15, -0.1) is 0 Å². The lowest BCUT2D eigenvalue weighted by Crippen LogP contribution is -2.40. The van der Waals surface area contributed by atoms with Gasteiger partial charge in [0.1, 0.15) is 0 Å². The predicted octanol–water partition coefficient (Wildman–Crippen LogP) is 1.85. The molecule has 1 aliphatic heterocycles. The first-order valence-electron chi connectivity index (χ1n) is 7.71. The summed E-state index contributed by atoms with van der Waals surface area (Å²) in [5.74, 6) is -1.97. The number of halogens is 2. The quantitative estimate of drug-likeness (QED) is 0.686. The van der Waals surface area contributed by atoms with Gasteiger partial charge >= 0.3 is 5.91 Å². The van der Waals surface area contributed by atoms with E-state index in [1.165, 1.54) is 18.3 Å². The van der Waals surface area contributed by atoms with Crippen molar-refractivity contribution in [2.24, 2.45) is 5.92 Å². The van der Waals surface area contributed by atoms with E-state index in [0.29, 0.717) is 30.1 Å². The number of aromatic nitrogens is 1. The number of hydrogen-bond acceptors (Lipinski definition) is 3. The predicted molar refractivity (Wildman–Crippen MR) is 84.4 cm³/mol. The summed E-state index contributed by atoms with van der Waals surface area (Å²) in [4.78, 5) is 14.0. The van der Waals surface area contributed by atoms with E-state index in [1.807, 2.05) is 4.90 Å². The van der Waals surface area contributed by atoms with Gasteiger partial charge in [0.2, 0.25) is 0 Å². The summed E-state index contributed by atoms with van der Waals surface area (Å²) in [6.45, 7) is 1.77. The van der Waals surface area contributed by atoms with Crippen LogP contribution in [0.3, 0.4) is 0 Å². The Labute approximate surface area is 138 Å². The van der Waals surface area contributed by atoms with Crippen molar-refractivity contribution in [1.29, 1.82) is 0 Å². The fourth-order valence-electron chi connectivity index (χ4n) is 2.85. The zero-order chi connectivity index (χ0) is 17.1. The van der Waals surface area contributed by atoms with Gasteiger partial charge < -0.3 is 15.4 Å². The van der Waals surface area contributed by atoms with Crippen molar-refractivity contribution >= 4 is 11.6 Å². The second kappa shape index (κ2) is 6.82. The third kappa shape index (κ3) is 3.45. The first-order chi connectivity index (χ1) is 11.5. The Balaban J connectivity index is 1.56. The molecule has 1 saturated heterocycles. The maximum absolute atomic E-state index is 13.3. The molecule has 1 aliphatic rings. The number of carbonyl (C=O) groups is 1. The molecule has 1 aromatic carbocycles. The topological polar surface area (TPSA) is 59.3 Å². The van der Waals surface area contributed by atoms with Gasteiger partial charge in [-0.1, -0.05) is 0 Å². The molecular formula is C17H17F2N3O2. The third-order valence-corrected chi connectivity index (χ3v) is 4.16. The average Bonchev–Trinajstić information content (AvgIpc) is 3.04. The van der Waals surface area contributed by atoms with Crippen LogP contribution >= 0.6 is 0 Å². The molecule has 5 nitrogen and oxygen atoms in total. The molecule has 0 aliphatic carbocycles.